The molecular weight excluding hydrogens is 539 g/mol. The van der Waals surface area contributed by atoms with Crippen molar-refractivity contribution in [2.24, 2.45) is 5.92 Å². The summed E-state index contributed by atoms with van der Waals surface area (Å²) in [5.74, 6) is -1.76. The molecule has 2 rings (SSSR count). The number of alkyl halides is 3. The smallest absolute Gasteiger partial charge is 0.492 e. The van der Waals surface area contributed by atoms with E-state index in [-0.39, 0.29) is 34.5 Å². The minimum Gasteiger partial charge on any atom is -0.492 e. The lowest BCUT2D eigenvalue weighted by molar-refractivity contribution is -0.274. The average Bonchev–Trinajstić information content (AvgIpc) is 2.75. The summed E-state index contributed by atoms with van der Waals surface area (Å²) in [4.78, 5) is 12.5. The highest BCUT2D eigenvalue weighted by Gasteiger charge is 2.31. The number of sulfonamides is 2. The molecule has 0 saturated carbocycles. The summed E-state index contributed by atoms with van der Waals surface area (Å²) < 4.78 is 101. The summed E-state index contributed by atoms with van der Waals surface area (Å²) >= 11 is 0. The van der Waals surface area contributed by atoms with E-state index in [0.29, 0.717) is 6.42 Å². The summed E-state index contributed by atoms with van der Waals surface area (Å²) in [6, 6.07) is 6.87. The zero-order chi connectivity index (χ0) is 28.0. The van der Waals surface area contributed by atoms with Gasteiger partial charge < -0.3 is 14.8 Å². The van der Waals surface area contributed by atoms with Crippen molar-refractivity contribution in [2.45, 2.75) is 44.5 Å². The van der Waals surface area contributed by atoms with Gasteiger partial charge in [-0.3, -0.25) is 9.52 Å². The van der Waals surface area contributed by atoms with Crippen LogP contribution in [0, 0.1) is 5.92 Å². The number of rotatable bonds is 12. The molecule has 0 bridgehead atoms. The molecule has 206 valence electrons. The van der Waals surface area contributed by atoms with Gasteiger partial charge in [0, 0.05) is 17.8 Å². The van der Waals surface area contributed by atoms with Crippen molar-refractivity contribution in [3.05, 3.63) is 42.5 Å². The Morgan fingerprint density at radius 1 is 1.03 bits per heavy atom. The predicted molar refractivity (Wildman–Crippen MR) is 131 cm³/mol. The number of nitrogens with one attached hydrogen (secondary N) is 3. The summed E-state index contributed by atoms with van der Waals surface area (Å²) in [5, 5.41) is 2.55. The molecule has 0 aliphatic heterocycles. The molecule has 0 spiro atoms. The van der Waals surface area contributed by atoms with Gasteiger partial charge in [0.1, 0.15) is 22.4 Å². The lowest BCUT2D eigenvalue weighted by atomic mass is 9.99. The maximum absolute atomic E-state index is 13.0. The van der Waals surface area contributed by atoms with E-state index in [1.54, 1.807) is 20.8 Å². The van der Waals surface area contributed by atoms with Crippen molar-refractivity contribution in [3.63, 3.8) is 0 Å². The molecule has 1 amide bonds. The first kappa shape index (κ1) is 30.2. The van der Waals surface area contributed by atoms with Crippen molar-refractivity contribution < 1.29 is 44.3 Å². The van der Waals surface area contributed by atoms with Crippen LogP contribution in [0.25, 0.3) is 0 Å². The van der Waals surface area contributed by atoms with Crippen molar-refractivity contribution in [1.82, 2.24) is 4.72 Å². The van der Waals surface area contributed by atoms with Gasteiger partial charge in [0.05, 0.1) is 18.6 Å². The summed E-state index contributed by atoms with van der Waals surface area (Å²) in [6.45, 7) is 5.14. The first-order chi connectivity index (χ1) is 17.0. The normalized spacial score (nSPS) is 13.9. The first-order valence-electron chi connectivity index (χ1n) is 11.0. The predicted octanol–water partition coefficient (Wildman–Crippen LogP) is 3.69. The molecular formula is C22H28F3N3O7S2. The Morgan fingerprint density at radius 2 is 1.70 bits per heavy atom. The second kappa shape index (κ2) is 12.0. The molecule has 0 aromatic heterocycles. The Morgan fingerprint density at radius 3 is 2.27 bits per heavy atom. The minimum atomic E-state index is -4.95. The van der Waals surface area contributed by atoms with Crippen LogP contribution in [-0.2, 0) is 24.8 Å². The van der Waals surface area contributed by atoms with E-state index in [2.05, 4.69) is 19.5 Å². The lowest BCUT2D eigenvalue weighted by Crippen LogP contribution is -2.47. The van der Waals surface area contributed by atoms with E-state index in [1.807, 2.05) is 0 Å². The summed E-state index contributed by atoms with van der Waals surface area (Å²) in [5.41, 5.74) is -0.0543. The molecule has 0 heterocycles. The van der Waals surface area contributed by atoms with Gasteiger partial charge in [-0.25, -0.2) is 21.6 Å². The summed E-state index contributed by atoms with van der Waals surface area (Å²) in [7, 11) is -8.04. The Bertz CT molecular complexity index is 1320. The zero-order valence-electron chi connectivity index (χ0n) is 20.4. The van der Waals surface area contributed by atoms with E-state index < -0.39 is 44.1 Å². The molecule has 2 aromatic carbocycles. The average molecular weight is 568 g/mol. The van der Waals surface area contributed by atoms with Crippen LogP contribution >= 0.6 is 0 Å². The third-order valence-electron chi connectivity index (χ3n) is 4.96. The van der Waals surface area contributed by atoms with Crippen molar-refractivity contribution in [1.29, 1.82) is 0 Å². The highest BCUT2D eigenvalue weighted by Crippen LogP contribution is 2.31. The minimum absolute atomic E-state index is 0.0555. The van der Waals surface area contributed by atoms with Gasteiger partial charge in [0.25, 0.3) is 10.0 Å². The van der Waals surface area contributed by atoms with Crippen LogP contribution in [0.2, 0.25) is 0 Å². The SMILES string of the molecule is CCOc1cc(NC(=O)[C@@H](NS(C)(=O)=O)C(C)CC)ccc1S(=O)(=O)Nc1cccc(OC(F)(F)F)c1. The Balaban J connectivity index is 2.33. The van der Waals surface area contributed by atoms with Gasteiger partial charge in [-0.2, -0.15) is 0 Å². The molecule has 37 heavy (non-hydrogen) atoms. The number of carbonyl (C=O) groups is 1. The van der Waals surface area contributed by atoms with Gasteiger partial charge in [-0.15, -0.1) is 13.2 Å². The molecule has 3 N–H and O–H groups in total. The highest BCUT2D eigenvalue weighted by molar-refractivity contribution is 7.92. The maximum Gasteiger partial charge on any atom is 0.573 e. The van der Waals surface area contributed by atoms with E-state index in [0.717, 1.165) is 24.5 Å². The Kier molecular flexibility index (Phi) is 9.79. The molecule has 15 heteroatoms. The van der Waals surface area contributed by atoms with Crippen LogP contribution in [0.1, 0.15) is 27.2 Å². The van der Waals surface area contributed by atoms with Crippen LogP contribution in [0.3, 0.4) is 0 Å². The second-order valence-electron chi connectivity index (χ2n) is 8.02. The highest BCUT2D eigenvalue weighted by atomic mass is 32.2. The maximum atomic E-state index is 13.0. The number of carbonyl (C=O) groups excluding carboxylic acids is 1. The number of hydrogen-bond donors (Lipinski definition) is 3. The molecule has 0 aliphatic carbocycles. The second-order valence-corrected chi connectivity index (χ2v) is 11.4. The molecule has 2 aromatic rings. The lowest BCUT2D eigenvalue weighted by Gasteiger charge is -2.23. The van der Waals surface area contributed by atoms with Crippen molar-refractivity contribution in [2.75, 3.05) is 22.9 Å². The standard InChI is InChI=1S/C22H28F3N3O7S2/c1-5-14(3)20(28-36(4,30)31)21(29)26-15-10-11-19(18(13-15)34-6-2)37(32,33)27-16-8-7-9-17(12-16)35-22(23,24)25/h7-14,20,27-28H,5-6H2,1-4H3,(H,26,29)/t14?,20-/m0/s1. The topological polar surface area (TPSA) is 140 Å². The van der Waals surface area contributed by atoms with Crippen LogP contribution < -0.4 is 24.2 Å². The third-order valence-corrected chi connectivity index (χ3v) is 7.06. The van der Waals surface area contributed by atoms with E-state index in [4.69, 9.17) is 4.74 Å². The van der Waals surface area contributed by atoms with E-state index in [9.17, 15) is 34.8 Å². The number of ether oxygens (including phenoxy) is 2. The molecule has 0 aliphatic rings. The van der Waals surface area contributed by atoms with Crippen LogP contribution in [0.5, 0.6) is 11.5 Å². The van der Waals surface area contributed by atoms with Gasteiger partial charge in [0.2, 0.25) is 15.9 Å². The largest absolute Gasteiger partial charge is 0.573 e. The van der Waals surface area contributed by atoms with Gasteiger partial charge in [-0.1, -0.05) is 26.3 Å². The molecule has 0 fully saturated rings. The number of benzene rings is 2. The first-order valence-corrected chi connectivity index (χ1v) is 14.4. The van der Waals surface area contributed by atoms with Crippen molar-refractivity contribution >= 4 is 37.3 Å². The van der Waals surface area contributed by atoms with Gasteiger partial charge in [-0.05, 0) is 37.1 Å². The van der Waals surface area contributed by atoms with Crippen molar-refractivity contribution in [3.8, 4) is 11.5 Å². The zero-order valence-corrected chi connectivity index (χ0v) is 22.1. The number of hydrogen-bond acceptors (Lipinski definition) is 7. The summed E-state index contributed by atoms with van der Waals surface area (Å²) in [6.07, 6.45) is -3.52. The van der Waals surface area contributed by atoms with Gasteiger partial charge in [0.15, 0.2) is 0 Å². The molecule has 1 unspecified atom stereocenters. The third kappa shape index (κ3) is 9.40. The number of amides is 1. The fourth-order valence-corrected chi connectivity index (χ4v) is 5.14. The van der Waals surface area contributed by atoms with E-state index >= 15 is 0 Å². The molecule has 10 nitrogen and oxygen atoms in total. The monoisotopic (exact) mass is 567 g/mol. The Hall–Kier alpha value is -3.04. The van der Waals surface area contributed by atoms with Crippen LogP contribution in [0.4, 0.5) is 24.5 Å². The number of anilines is 2. The molecule has 0 radical (unpaired) electrons. The van der Waals surface area contributed by atoms with Crippen LogP contribution in [-0.4, -0.2) is 48.0 Å². The fourth-order valence-electron chi connectivity index (χ4n) is 3.16. The van der Waals surface area contributed by atoms with Gasteiger partial charge >= 0.3 is 6.36 Å². The Labute approximate surface area is 213 Å². The molecule has 0 saturated heterocycles. The quantitative estimate of drug-likeness (QED) is 0.355. The number of halogens is 3. The fraction of sp³-hybridized carbons (Fsp3) is 0.409. The molecule has 2 atom stereocenters. The van der Waals surface area contributed by atoms with Crippen LogP contribution in [0.15, 0.2) is 47.4 Å². The van der Waals surface area contributed by atoms with E-state index in [1.165, 1.54) is 24.3 Å².